The SMILES string of the molecule is CC(=O)c1ccc(C#N)c(N2CCC(n3cccn3)CC2)c1. The Bertz CT molecular complexity index is 707. The molecule has 2 aromatic rings. The average Bonchev–Trinajstić information content (AvgIpc) is 3.09. The fraction of sp³-hybridized carbons (Fsp3) is 0.353. The summed E-state index contributed by atoms with van der Waals surface area (Å²) >= 11 is 0. The fourth-order valence-electron chi connectivity index (χ4n) is 2.97. The number of piperidine rings is 1. The molecule has 3 rings (SSSR count). The number of carbonyl (C=O) groups is 1. The summed E-state index contributed by atoms with van der Waals surface area (Å²) in [6.45, 7) is 3.27. The van der Waals surface area contributed by atoms with Crippen LogP contribution in [0.4, 0.5) is 5.69 Å². The molecule has 0 unspecified atom stereocenters. The number of benzene rings is 1. The first-order valence-electron chi connectivity index (χ1n) is 7.48. The van der Waals surface area contributed by atoms with Crippen molar-refractivity contribution in [2.45, 2.75) is 25.8 Å². The van der Waals surface area contributed by atoms with Crippen LogP contribution in [0.2, 0.25) is 0 Å². The summed E-state index contributed by atoms with van der Waals surface area (Å²) in [5, 5.41) is 13.6. The largest absolute Gasteiger partial charge is 0.370 e. The van der Waals surface area contributed by atoms with Gasteiger partial charge in [0, 0.05) is 31.0 Å². The van der Waals surface area contributed by atoms with Crippen LogP contribution in [-0.2, 0) is 0 Å². The monoisotopic (exact) mass is 294 g/mol. The van der Waals surface area contributed by atoms with Crippen molar-refractivity contribution in [2.75, 3.05) is 18.0 Å². The molecule has 0 amide bonds. The van der Waals surface area contributed by atoms with Gasteiger partial charge in [-0.3, -0.25) is 9.48 Å². The lowest BCUT2D eigenvalue weighted by Gasteiger charge is -2.34. The van der Waals surface area contributed by atoms with Crippen LogP contribution in [0.15, 0.2) is 36.7 Å². The minimum absolute atomic E-state index is 0.0252. The number of anilines is 1. The number of carbonyl (C=O) groups excluding carboxylic acids is 1. The van der Waals surface area contributed by atoms with Crippen molar-refractivity contribution >= 4 is 11.5 Å². The van der Waals surface area contributed by atoms with E-state index in [1.165, 1.54) is 0 Å². The van der Waals surface area contributed by atoms with Crippen LogP contribution in [0, 0.1) is 11.3 Å². The van der Waals surface area contributed by atoms with Crippen molar-refractivity contribution in [1.29, 1.82) is 5.26 Å². The van der Waals surface area contributed by atoms with Crippen LogP contribution in [0.1, 0.15) is 41.7 Å². The van der Waals surface area contributed by atoms with Gasteiger partial charge in [0.05, 0.1) is 17.3 Å². The third-order valence-electron chi connectivity index (χ3n) is 4.23. The molecule has 1 aliphatic rings. The normalized spacial score (nSPS) is 15.5. The zero-order valence-electron chi connectivity index (χ0n) is 12.6. The molecular weight excluding hydrogens is 276 g/mol. The van der Waals surface area contributed by atoms with Crippen LogP contribution >= 0.6 is 0 Å². The van der Waals surface area contributed by atoms with Gasteiger partial charge in [0.1, 0.15) is 6.07 Å². The Morgan fingerprint density at radius 3 is 2.73 bits per heavy atom. The topological polar surface area (TPSA) is 61.9 Å². The molecule has 22 heavy (non-hydrogen) atoms. The molecule has 0 saturated carbocycles. The molecular formula is C17H18N4O. The molecule has 1 aliphatic heterocycles. The highest BCUT2D eigenvalue weighted by atomic mass is 16.1. The molecule has 0 aliphatic carbocycles. The second-order valence-corrected chi connectivity index (χ2v) is 5.60. The summed E-state index contributed by atoms with van der Waals surface area (Å²) in [6, 6.07) is 9.89. The number of aromatic nitrogens is 2. The van der Waals surface area contributed by atoms with Crippen molar-refractivity contribution in [3.8, 4) is 6.07 Å². The predicted octanol–water partition coefficient (Wildman–Crippen LogP) is 2.80. The van der Waals surface area contributed by atoms with E-state index in [0.29, 0.717) is 17.2 Å². The van der Waals surface area contributed by atoms with E-state index in [1.54, 1.807) is 25.3 Å². The molecule has 0 bridgehead atoms. The van der Waals surface area contributed by atoms with Crippen molar-refractivity contribution < 1.29 is 4.79 Å². The van der Waals surface area contributed by atoms with Crippen LogP contribution in [-0.4, -0.2) is 28.7 Å². The van der Waals surface area contributed by atoms with Gasteiger partial charge in [-0.2, -0.15) is 10.4 Å². The molecule has 0 spiro atoms. The second kappa shape index (κ2) is 6.02. The maximum atomic E-state index is 11.6. The van der Waals surface area contributed by atoms with E-state index in [0.717, 1.165) is 31.6 Å². The van der Waals surface area contributed by atoms with E-state index in [2.05, 4.69) is 16.1 Å². The Labute approximate surface area is 129 Å². The number of nitriles is 1. The molecule has 0 radical (unpaired) electrons. The van der Waals surface area contributed by atoms with Gasteiger partial charge in [-0.05, 0) is 44.0 Å². The second-order valence-electron chi connectivity index (χ2n) is 5.60. The van der Waals surface area contributed by atoms with Crippen molar-refractivity contribution in [3.63, 3.8) is 0 Å². The lowest BCUT2D eigenvalue weighted by Crippen LogP contribution is -2.35. The summed E-state index contributed by atoms with van der Waals surface area (Å²) in [7, 11) is 0. The summed E-state index contributed by atoms with van der Waals surface area (Å²) < 4.78 is 2.01. The predicted molar refractivity (Wildman–Crippen MR) is 83.9 cm³/mol. The number of ketones is 1. The standard InChI is InChI=1S/C17H18N4O/c1-13(22)14-3-4-15(12-18)17(11-14)20-9-5-16(6-10-20)21-8-2-7-19-21/h2-4,7-8,11,16H,5-6,9-10H2,1H3. The summed E-state index contributed by atoms with van der Waals surface area (Å²) in [4.78, 5) is 13.8. The van der Waals surface area contributed by atoms with Crippen LogP contribution in [0.5, 0.6) is 0 Å². The Balaban J connectivity index is 1.79. The minimum Gasteiger partial charge on any atom is -0.370 e. The first-order valence-corrected chi connectivity index (χ1v) is 7.48. The highest BCUT2D eigenvalue weighted by Gasteiger charge is 2.23. The third-order valence-corrected chi connectivity index (χ3v) is 4.23. The smallest absolute Gasteiger partial charge is 0.159 e. The van der Waals surface area contributed by atoms with Gasteiger partial charge in [0.25, 0.3) is 0 Å². The lowest BCUT2D eigenvalue weighted by atomic mass is 10.0. The highest BCUT2D eigenvalue weighted by molar-refractivity contribution is 5.95. The molecule has 1 fully saturated rings. The molecule has 112 valence electrons. The highest BCUT2D eigenvalue weighted by Crippen LogP contribution is 2.29. The van der Waals surface area contributed by atoms with Gasteiger partial charge < -0.3 is 4.90 Å². The molecule has 1 saturated heterocycles. The van der Waals surface area contributed by atoms with Crippen molar-refractivity contribution in [1.82, 2.24) is 9.78 Å². The van der Waals surface area contributed by atoms with E-state index in [1.807, 2.05) is 23.0 Å². The molecule has 5 nitrogen and oxygen atoms in total. The van der Waals surface area contributed by atoms with Gasteiger partial charge in [-0.15, -0.1) is 0 Å². The first-order chi connectivity index (χ1) is 10.7. The Hall–Kier alpha value is -2.61. The number of hydrogen-bond donors (Lipinski definition) is 0. The maximum Gasteiger partial charge on any atom is 0.159 e. The zero-order chi connectivity index (χ0) is 15.5. The Kier molecular flexibility index (Phi) is 3.92. The minimum atomic E-state index is 0.0252. The van der Waals surface area contributed by atoms with Gasteiger partial charge in [0.2, 0.25) is 0 Å². The van der Waals surface area contributed by atoms with Gasteiger partial charge >= 0.3 is 0 Å². The average molecular weight is 294 g/mol. The summed E-state index contributed by atoms with van der Waals surface area (Å²) in [6.07, 6.45) is 5.77. The fourth-order valence-corrected chi connectivity index (χ4v) is 2.97. The first kappa shape index (κ1) is 14.3. The van der Waals surface area contributed by atoms with Crippen molar-refractivity contribution in [2.24, 2.45) is 0 Å². The number of Topliss-reactive ketones (excluding diaryl/α,β-unsaturated/α-hetero) is 1. The third kappa shape index (κ3) is 2.73. The summed E-state index contributed by atoms with van der Waals surface area (Å²) in [5.74, 6) is 0.0252. The van der Waals surface area contributed by atoms with E-state index >= 15 is 0 Å². The molecule has 1 aromatic heterocycles. The lowest BCUT2D eigenvalue weighted by molar-refractivity contribution is 0.101. The van der Waals surface area contributed by atoms with E-state index in [4.69, 9.17) is 0 Å². The van der Waals surface area contributed by atoms with E-state index in [9.17, 15) is 10.1 Å². The Morgan fingerprint density at radius 2 is 2.14 bits per heavy atom. The number of hydrogen-bond acceptors (Lipinski definition) is 4. The zero-order valence-corrected chi connectivity index (χ0v) is 12.6. The van der Waals surface area contributed by atoms with E-state index < -0.39 is 0 Å². The molecule has 1 aromatic carbocycles. The number of rotatable bonds is 3. The van der Waals surface area contributed by atoms with Crippen LogP contribution in [0.3, 0.4) is 0 Å². The van der Waals surface area contributed by atoms with Gasteiger partial charge in [-0.25, -0.2) is 0 Å². The summed E-state index contributed by atoms with van der Waals surface area (Å²) in [5.41, 5.74) is 2.15. The van der Waals surface area contributed by atoms with Crippen molar-refractivity contribution in [3.05, 3.63) is 47.8 Å². The molecule has 5 heteroatoms. The quantitative estimate of drug-likeness (QED) is 0.817. The van der Waals surface area contributed by atoms with Crippen LogP contribution in [0.25, 0.3) is 0 Å². The van der Waals surface area contributed by atoms with Gasteiger partial charge in [-0.1, -0.05) is 0 Å². The molecule has 2 heterocycles. The molecule has 0 N–H and O–H groups in total. The Morgan fingerprint density at radius 1 is 1.36 bits per heavy atom. The maximum absolute atomic E-state index is 11.6. The van der Waals surface area contributed by atoms with Crippen LogP contribution < -0.4 is 4.90 Å². The number of nitrogens with zero attached hydrogens (tertiary/aromatic N) is 4. The molecule has 0 atom stereocenters. The van der Waals surface area contributed by atoms with E-state index in [-0.39, 0.29) is 5.78 Å². The van der Waals surface area contributed by atoms with Gasteiger partial charge in [0.15, 0.2) is 5.78 Å².